The molecule has 0 atom stereocenters. The van der Waals surface area contributed by atoms with Crippen molar-refractivity contribution in [2.45, 2.75) is 13.5 Å². The van der Waals surface area contributed by atoms with Gasteiger partial charge in [0.15, 0.2) is 0 Å². The third-order valence-corrected chi connectivity index (χ3v) is 4.91. The number of fused-ring (bicyclic) bond motifs is 1. The van der Waals surface area contributed by atoms with Gasteiger partial charge in [-0.2, -0.15) is 0 Å². The Morgan fingerprint density at radius 1 is 1.23 bits per heavy atom. The monoisotopic (exact) mass is 384 g/mol. The Balaban J connectivity index is 1.62. The zero-order valence-electron chi connectivity index (χ0n) is 13.7. The average Bonchev–Trinajstić information content (AvgIpc) is 3.21. The van der Waals surface area contributed by atoms with E-state index in [4.69, 9.17) is 16.3 Å². The predicted molar refractivity (Wildman–Crippen MR) is 99.8 cm³/mol. The summed E-state index contributed by atoms with van der Waals surface area (Å²) < 4.78 is 11.4. The van der Waals surface area contributed by atoms with Crippen molar-refractivity contribution < 1.29 is 9.53 Å². The topological polar surface area (TPSA) is 69.9 Å². The summed E-state index contributed by atoms with van der Waals surface area (Å²) in [5.41, 5.74) is 3.56. The highest BCUT2D eigenvalue weighted by Crippen LogP contribution is 2.23. The number of imidazole rings is 1. The molecule has 0 spiro atoms. The van der Waals surface area contributed by atoms with Crippen LogP contribution >= 0.6 is 23.1 Å². The third-order valence-electron chi connectivity index (χ3n) is 3.92. The molecule has 0 bridgehead atoms. The number of rotatable bonds is 4. The lowest BCUT2D eigenvalue weighted by Gasteiger charge is -2.07. The second kappa shape index (κ2) is 6.86. The van der Waals surface area contributed by atoms with Crippen molar-refractivity contribution in [3.63, 3.8) is 0 Å². The highest BCUT2D eigenvalue weighted by Gasteiger charge is 2.15. The molecule has 8 heteroatoms. The summed E-state index contributed by atoms with van der Waals surface area (Å²) in [5, 5.41) is 3.82. The number of hydrogen-bond donors (Lipinski definition) is 0. The number of benzene rings is 2. The number of carbonyl (C=O) groups is 1. The van der Waals surface area contributed by atoms with Crippen molar-refractivity contribution in [3.8, 4) is 5.69 Å². The molecule has 0 amide bonds. The number of halogens is 1. The molecule has 0 aliphatic carbocycles. The van der Waals surface area contributed by atoms with Crippen LogP contribution in [0.4, 0.5) is 0 Å². The summed E-state index contributed by atoms with van der Waals surface area (Å²) in [5.74, 6) is 0.389. The van der Waals surface area contributed by atoms with Gasteiger partial charge >= 0.3 is 5.97 Å². The SMILES string of the molecule is Cc1nc2cc(C(=O)OCc3nnsc3Cl)ccc2n1-c1ccccc1. The Hall–Kier alpha value is -2.77. The van der Waals surface area contributed by atoms with E-state index < -0.39 is 5.97 Å². The summed E-state index contributed by atoms with van der Waals surface area (Å²) in [4.78, 5) is 16.9. The van der Waals surface area contributed by atoms with Crippen LogP contribution in [0.15, 0.2) is 48.5 Å². The molecule has 4 aromatic rings. The van der Waals surface area contributed by atoms with Crippen molar-refractivity contribution in [2.75, 3.05) is 0 Å². The molecule has 130 valence electrons. The fourth-order valence-corrected chi connectivity index (χ4v) is 3.33. The molecule has 0 fully saturated rings. The van der Waals surface area contributed by atoms with Gasteiger partial charge in [-0.25, -0.2) is 9.78 Å². The lowest BCUT2D eigenvalue weighted by atomic mass is 10.2. The Morgan fingerprint density at radius 3 is 2.77 bits per heavy atom. The summed E-state index contributed by atoms with van der Waals surface area (Å²) >= 11 is 6.97. The molecule has 2 aromatic heterocycles. The smallest absolute Gasteiger partial charge is 0.338 e. The maximum atomic E-state index is 12.3. The van der Waals surface area contributed by atoms with E-state index in [0.717, 1.165) is 34.1 Å². The average molecular weight is 385 g/mol. The third kappa shape index (κ3) is 3.07. The molecular formula is C18H13ClN4O2S. The van der Waals surface area contributed by atoms with Crippen LogP contribution < -0.4 is 0 Å². The standard InChI is InChI=1S/C18H13ClN4O2S/c1-11-20-14-9-12(18(24)25-10-15-17(19)26-22-21-15)7-8-16(14)23(11)13-5-3-2-4-6-13/h2-9H,10H2,1H3. The van der Waals surface area contributed by atoms with Gasteiger partial charge < -0.3 is 4.74 Å². The van der Waals surface area contributed by atoms with Crippen LogP contribution in [0.25, 0.3) is 16.7 Å². The Bertz CT molecular complexity index is 1090. The first kappa shape index (κ1) is 16.7. The molecule has 0 unspecified atom stereocenters. The van der Waals surface area contributed by atoms with Crippen molar-refractivity contribution in [3.05, 3.63) is 69.9 Å². The molecule has 0 saturated carbocycles. The number of para-hydroxylation sites is 1. The van der Waals surface area contributed by atoms with Gasteiger partial charge in [0.05, 0.1) is 16.6 Å². The lowest BCUT2D eigenvalue weighted by molar-refractivity contribution is 0.0468. The van der Waals surface area contributed by atoms with Crippen molar-refractivity contribution in [1.29, 1.82) is 0 Å². The Kier molecular flexibility index (Phi) is 4.40. The number of nitrogens with zero attached hydrogens (tertiary/aromatic N) is 4. The Labute approximate surface area is 158 Å². The molecule has 2 aromatic carbocycles. The second-order valence-electron chi connectivity index (χ2n) is 5.60. The van der Waals surface area contributed by atoms with Gasteiger partial charge in [0, 0.05) is 17.2 Å². The molecule has 2 heterocycles. The van der Waals surface area contributed by atoms with Gasteiger partial charge in [-0.05, 0) is 37.3 Å². The maximum absolute atomic E-state index is 12.3. The van der Waals surface area contributed by atoms with Gasteiger partial charge in [-0.15, -0.1) is 5.10 Å². The van der Waals surface area contributed by atoms with Crippen molar-refractivity contribution in [2.24, 2.45) is 0 Å². The van der Waals surface area contributed by atoms with Crippen LogP contribution in [-0.4, -0.2) is 25.1 Å². The number of hydrogen-bond acceptors (Lipinski definition) is 6. The van der Waals surface area contributed by atoms with Crippen LogP contribution in [0.5, 0.6) is 0 Å². The predicted octanol–water partition coefficient (Wildman–Crippen LogP) is 4.20. The van der Waals surface area contributed by atoms with Crippen LogP contribution in [0.2, 0.25) is 4.34 Å². The van der Waals surface area contributed by atoms with E-state index in [2.05, 4.69) is 14.6 Å². The van der Waals surface area contributed by atoms with Crippen LogP contribution in [0, 0.1) is 6.92 Å². The van der Waals surface area contributed by atoms with Crippen LogP contribution in [0.1, 0.15) is 21.9 Å². The van der Waals surface area contributed by atoms with Gasteiger partial charge in [-0.1, -0.05) is 34.3 Å². The fourth-order valence-electron chi connectivity index (χ4n) is 2.73. The summed E-state index contributed by atoms with van der Waals surface area (Å²) in [7, 11) is 0. The molecular weight excluding hydrogens is 372 g/mol. The maximum Gasteiger partial charge on any atom is 0.338 e. The van der Waals surface area contributed by atoms with Gasteiger partial charge in [-0.3, -0.25) is 4.57 Å². The first-order valence-corrected chi connectivity index (χ1v) is 8.97. The number of aryl methyl sites for hydroxylation is 1. The molecule has 4 rings (SSSR count). The summed E-state index contributed by atoms with van der Waals surface area (Å²) in [6.45, 7) is 1.92. The minimum absolute atomic E-state index is 0.0102. The van der Waals surface area contributed by atoms with E-state index in [1.54, 1.807) is 12.1 Å². The molecule has 6 nitrogen and oxygen atoms in total. The number of esters is 1. The van der Waals surface area contributed by atoms with E-state index in [0.29, 0.717) is 15.6 Å². The van der Waals surface area contributed by atoms with Gasteiger partial charge in [0.2, 0.25) is 0 Å². The molecule has 0 saturated heterocycles. The number of aromatic nitrogens is 4. The van der Waals surface area contributed by atoms with E-state index in [1.165, 1.54) is 0 Å². The number of ether oxygens (including phenoxy) is 1. The summed E-state index contributed by atoms with van der Waals surface area (Å²) in [6.07, 6.45) is 0. The van der Waals surface area contributed by atoms with E-state index in [9.17, 15) is 4.79 Å². The second-order valence-corrected chi connectivity index (χ2v) is 6.96. The van der Waals surface area contributed by atoms with E-state index in [1.807, 2.05) is 47.9 Å². The van der Waals surface area contributed by atoms with Crippen molar-refractivity contribution >= 4 is 40.1 Å². The zero-order valence-corrected chi connectivity index (χ0v) is 15.3. The molecule has 0 radical (unpaired) electrons. The molecule has 26 heavy (non-hydrogen) atoms. The van der Waals surface area contributed by atoms with Crippen LogP contribution in [-0.2, 0) is 11.3 Å². The normalized spacial score (nSPS) is 11.0. The largest absolute Gasteiger partial charge is 0.455 e. The fraction of sp³-hybridized carbons (Fsp3) is 0.111. The van der Waals surface area contributed by atoms with Gasteiger partial charge in [0.1, 0.15) is 22.5 Å². The highest BCUT2D eigenvalue weighted by molar-refractivity contribution is 7.10. The number of carbonyl (C=O) groups excluding carboxylic acids is 1. The molecule has 0 aliphatic heterocycles. The summed E-state index contributed by atoms with van der Waals surface area (Å²) in [6, 6.07) is 15.3. The molecule has 0 aliphatic rings. The zero-order chi connectivity index (χ0) is 18.1. The minimum Gasteiger partial charge on any atom is -0.455 e. The Morgan fingerprint density at radius 2 is 2.04 bits per heavy atom. The van der Waals surface area contributed by atoms with Crippen molar-refractivity contribution in [1.82, 2.24) is 19.1 Å². The first-order valence-electron chi connectivity index (χ1n) is 7.82. The lowest BCUT2D eigenvalue weighted by Crippen LogP contribution is -2.05. The first-order chi connectivity index (χ1) is 12.6. The quantitative estimate of drug-likeness (QED) is 0.493. The van der Waals surface area contributed by atoms with Crippen LogP contribution in [0.3, 0.4) is 0 Å². The van der Waals surface area contributed by atoms with Gasteiger partial charge in [0.25, 0.3) is 0 Å². The van der Waals surface area contributed by atoms with E-state index in [-0.39, 0.29) is 6.61 Å². The van der Waals surface area contributed by atoms with E-state index >= 15 is 0 Å². The highest BCUT2D eigenvalue weighted by atomic mass is 35.5. The molecule has 0 N–H and O–H groups in total. The minimum atomic E-state index is -0.456.